The summed E-state index contributed by atoms with van der Waals surface area (Å²) in [5.41, 5.74) is -3.92. The topological polar surface area (TPSA) is 9.23 Å². The molecule has 1 saturated heterocycles. The van der Waals surface area contributed by atoms with Gasteiger partial charge in [-0.3, -0.25) is 4.74 Å². The molecular weight excluding hydrogens is 298 g/mol. The van der Waals surface area contributed by atoms with Crippen molar-refractivity contribution in [3.05, 3.63) is 0 Å². The average molecular weight is 320 g/mol. The predicted octanol–water partition coefficient (Wildman–Crippen LogP) is 5.49. The van der Waals surface area contributed by atoms with Crippen molar-refractivity contribution in [2.45, 2.75) is 77.9 Å². The molecule has 0 radical (unpaired) electrons. The number of rotatable bonds is 5. The van der Waals surface area contributed by atoms with Crippen LogP contribution in [0.3, 0.4) is 0 Å². The lowest BCUT2D eigenvalue weighted by Gasteiger charge is -2.61. The van der Waals surface area contributed by atoms with Gasteiger partial charge in [-0.25, -0.2) is 4.39 Å². The molecule has 0 aromatic carbocycles. The highest BCUT2D eigenvalue weighted by Crippen LogP contribution is 2.70. The lowest BCUT2D eigenvalue weighted by Crippen LogP contribution is -2.84. The van der Waals surface area contributed by atoms with E-state index in [0.29, 0.717) is 0 Å². The Hall–Kier alpha value is -0.460. The van der Waals surface area contributed by atoms with Gasteiger partial charge in [0, 0.05) is 10.8 Å². The standard InChI is InChI=1S/C14H22F6O/c1-7-9(3,4)11(15,16)14(20)12(17,18)13(19,21-14)10(5,6)8-2/h7-8H2,1-6H3. The van der Waals surface area contributed by atoms with Crippen molar-refractivity contribution >= 4 is 0 Å². The highest BCUT2D eigenvalue weighted by Gasteiger charge is 2.94. The van der Waals surface area contributed by atoms with E-state index in [2.05, 4.69) is 4.74 Å². The minimum Gasteiger partial charge on any atom is -0.293 e. The summed E-state index contributed by atoms with van der Waals surface area (Å²) in [7, 11) is 0. The molecule has 0 saturated carbocycles. The Kier molecular flexibility index (Phi) is 4.00. The molecule has 1 heterocycles. The highest BCUT2D eigenvalue weighted by atomic mass is 19.3. The van der Waals surface area contributed by atoms with E-state index in [1.165, 1.54) is 13.8 Å². The number of alkyl halides is 6. The normalized spacial score (nSPS) is 33.7. The summed E-state index contributed by atoms with van der Waals surface area (Å²) in [5.74, 6) is -17.9. The van der Waals surface area contributed by atoms with Gasteiger partial charge < -0.3 is 0 Å². The van der Waals surface area contributed by atoms with E-state index in [0.717, 1.165) is 27.7 Å². The minimum atomic E-state index is -4.95. The van der Waals surface area contributed by atoms with Gasteiger partial charge in [0.2, 0.25) is 0 Å². The summed E-state index contributed by atoms with van der Waals surface area (Å²) in [6, 6.07) is 0. The fraction of sp³-hybridized carbons (Fsp3) is 1.00. The molecule has 1 fully saturated rings. The monoisotopic (exact) mass is 320 g/mol. The number of halogens is 6. The maximum Gasteiger partial charge on any atom is 0.369 e. The Balaban J connectivity index is 3.32. The molecule has 0 aliphatic carbocycles. The van der Waals surface area contributed by atoms with Crippen LogP contribution in [-0.2, 0) is 4.74 Å². The average Bonchev–Trinajstić information content (AvgIpc) is 2.37. The third kappa shape index (κ3) is 1.88. The Morgan fingerprint density at radius 1 is 0.810 bits per heavy atom. The van der Waals surface area contributed by atoms with Gasteiger partial charge in [0.05, 0.1) is 0 Å². The highest BCUT2D eigenvalue weighted by molar-refractivity contribution is 5.19. The lowest BCUT2D eigenvalue weighted by atomic mass is 9.67. The molecular formula is C14H22F6O. The van der Waals surface area contributed by atoms with E-state index in [9.17, 15) is 26.3 Å². The van der Waals surface area contributed by atoms with Crippen molar-refractivity contribution in [1.82, 2.24) is 0 Å². The second kappa shape index (κ2) is 4.52. The molecule has 2 atom stereocenters. The number of ether oxygens (including phenoxy) is 1. The summed E-state index contributed by atoms with van der Waals surface area (Å²) in [4.78, 5) is 0. The van der Waals surface area contributed by atoms with Crippen LogP contribution >= 0.6 is 0 Å². The van der Waals surface area contributed by atoms with E-state index >= 15 is 0 Å². The second-order valence-corrected chi connectivity index (χ2v) is 6.92. The van der Waals surface area contributed by atoms with Crippen molar-refractivity contribution < 1.29 is 31.1 Å². The molecule has 0 N–H and O–H groups in total. The summed E-state index contributed by atoms with van der Waals surface area (Å²) >= 11 is 0. The molecule has 126 valence electrons. The Labute approximate surface area is 121 Å². The van der Waals surface area contributed by atoms with Crippen LogP contribution in [0, 0.1) is 10.8 Å². The first-order chi connectivity index (χ1) is 9.08. The molecule has 21 heavy (non-hydrogen) atoms. The summed E-state index contributed by atoms with van der Waals surface area (Å²) in [6.07, 6.45) is -0.403. The van der Waals surface area contributed by atoms with Gasteiger partial charge in [-0.2, -0.15) is 22.0 Å². The molecule has 1 aliphatic rings. The van der Waals surface area contributed by atoms with Gasteiger partial charge in [0.25, 0.3) is 5.85 Å². The largest absolute Gasteiger partial charge is 0.369 e. The molecule has 0 aromatic heterocycles. The molecule has 1 nitrogen and oxygen atoms in total. The fourth-order valence-electron chi connectivity index (χ4n) is 2.19. The van der Waals surface area contributed by atoms with Gasteiger partial charge in [-0.05, 0) is 12.8 Å². The Morgan fingerprint density at radius 3 is 1.52 bits per heavy atom. The van der Waals surface area contributed by atoms with Crippen LogP contribution in [0.1, 0.15) is 54.4 Å². The first-order valence-electron chi connectivity index (χ1n) is 6.91. The van der Waals surface area contributed by atoms with Crippen LogP contribution in [0.4, 0.5) is 26.3 Å². The molecule has 1 aliphatic heterocycles. The Morgan fingerprint density at radius 2 is 1.24 bits per heavy atom. The minimum absolute atomic E-state index is 0.127. The zero-order valence-electron chi connectivity index (χ0n) is 13.1. The summed E-state index contributed by atoms with van der Waals surface area (Å²) in [6.45, 7) is 6.76. The third-order valence-electron chi connectivity index (χ3n) is 4.98. The zero-order valence-corrected chi connectivity index (χ0v) is 13.1. The van der Waals surface area contributed by atoms with Crippen LogP contribution in [-0.4, -0.2) is 23.6 Å². The van der Waals surface area contributed by atoms with Gasteiger partial charge in [0.1, 0.15) is 0 Å². The quantitative estimate of drug-likeness (QED) is 0.609. The van der Waals surface area contributed by atoms with E-state index in [1.54, 1.807) is 0 Å². The maximum absolute atomic E-state index is 14.4. The van der Waals surface area contributed by atoms with Crippen molar-refractivity contribution in [3.8, 4) is 0 Å². The van der Waals surface area contributed by atoms with Gasteiger partial charge in [-0.15, -0.1) is 0 Å². The first-order valence-corrected chi connectivity index (χ1v) is 6.91. The molecule has 2 unspecified atom stereocenters. The van der Waals surface area contributed by atoms with Crippen molar-refractivity contribution in [2.24, 2.45) is 10.8 Å². The molecule has 0 aromatic rings. The van der Waals surface area contributed by atoms with E-state index in [1.807, 2.05) is 0 Å². The van der Waals surface area contributed by atoms with Gasteiger partial charge in [0.15, 0.2) is 0 Å². The third-order valence-corrected chi connectivity index (χ3v) is 4.98. The molecule has 1 rings (SSSR count). The summed E-state index contributed by atoms with van der Waals surface area (Å²) < 4.78 is 89.5. The molecule has 7 heteroatoms. The van der Waals surface area contributed by atoms with E-state index in [4.69, 9.17) is 0 Å². The van der Waals surface area contributed by atoms with Gasteiger partial charge in [-0.1, -0.05) is 41.5 Å². The Bertz CT molecular complexity index is 420. The van der Waals surface area contributed by atoms with Crippen LogP contribution in [0.25, 0.3) is 0 Å². The second-order valence-electron chi connectivity index (χ2n) is 6.92. The number of hydrogen-bond acceptors (Lipinski definition) is 1. The van der Waals surface area contributed by atoms with Crippen LogP contribution in [0.5, 0.6) is 0 Å². The lowest BCUT2D eigenvalue weighted by molar-refractivity contribution is -0.573. The zero-order chi connectivity index (χ0) is 17.1. The predicted molar refractivity (Wildman–Crippen MR) is 66.8 cm³/mol. The van der Waals surface area contributed by atoms with Crippen LogP contribution in [0.2, 0.25) is 0 Å². The van der Waals surface area contributed by atoms with E-state index < -0.39 is 34.4 Å². The van der Waals surface area contributed by atoms with Gasteiger partial charge >= 0.3 is 17.7 Å². The SMILES string of the molecule is CCC(C)(C)C(F)(F)C1(F)OC(F)(C(C)(C)CC)C1(F)F. The van der Waals surface area contributed by atoms with Crippen LogP contribution < -0.4 is 0 Å². The number of hydrogen-bond donors (Lipinski definition) is 0. The summed E-state index contributed by atoms with van der Waals surface area (Å²) in [5, 5.41) is 0. The first kappa shape index (κ1) is 18.6. The van der Waals surface area contributed by atoms with Crippen molar-refractivity contribution in [2.75, 3.05) is 0 Å². The maximum atomic E-state index is 14.4. The fourth-order valence-corrected chi connectivity index (χ4v) is 2.19. The molecule has 0 amide bonds. The van der Waals surface area contributed by atoms with E-state index in [-0.39, 0.29) is 12.8 Å². The molecule has 0 spiro atoms. The van der Waals surface area contributed by atoms with Crippen LogP contribution in [0.15, 0.2) is 0 Å². The molecule has 0 bridgehead atoms. The smallest absolute Gasteiger partial charge is 0.293 e. The van der Waals surface area contributed by atoms with Crippen molar-refractivity contribution in [1.29, 1.82) is 0 Å². The van der Waals surface area contributed by atoms with Crippen molar-refractivity contribution in [3.63, 3.8) is 0 Å².